The number of hydrogen-bond acceptors (Lipinski definition) is 4. The van der Waals surface area contributed by atoms with Gasteiger partial charge in [-0.1, -0.05) is 34.9 Å². The zero-order valence-electron chi connectivity index (χ0n) is 10.7. The highest BCUT2D eigenvalue weighted by atomic mass is 33.1. The topological polar surface area (TPSA) is 66.4 Å². The molecule has 0 spiro atoms. The van der Waals surface area contributed by atoms with Gasteiger partial charge < -0.3 is 10.4 Å². The maximum Gasteiger partial charge on any atom is 0.326 e. The number of amides is 1. The van der Waals surface area contributed by atoms with E-state index in [0.717, 1.165) is 18.1 Å². The van der Waals surface area contributed by atoms with Crippen LogP contribution in [-0.4, -0.2) is 34.0 Å². The van der Waals surface area contributed by atoms with Crippen LogP contribution in [0.4, 0.5) is 0 Å². The number of aliphatic carboxylic acids is 1. The van der Waals surface area contributed by atoms with Gasteiger partial charge in [-0.2, -0.15) is 0 Å². The van der Waals surface area contributed by atoms with Gasteiger partial charge in [-0.25, -0.2) is 4.79 Å². The minimum atomic E-state index is -0.953. The monoisotopic (exact) mass is 291 g/mol. The van der Waals surface area contributed by atoms with Crippen molar-refractivity contribution in [3.8, 4) is 0 Å². The van der Waals surface area contributed by atoms with Crippen molar-refractivity contribution in [2.45, 2.75) is 56.7 Å². The highest BCUT2D eigenvalue weighted by Gasteiger charge is 2.18. The first-order chi connectivity index (χ1) is 8.63. The van der Waals surface area contributed by atoms with Gasteiger partial charge in [-0.15, -0.1) is 0 Å². The predicted molar refractivity (Wildman–Crippen MR) is 76.8 cm³/mol. The zero-order chi connectivity index (χ0) is 13.4. The summed E-state index contributed by atoms with van der Waals surface area (Å²) in [6.45, 7) is 1.76. The molecule has 2 unspecified atom stereocenters. The molecule has 0 aromatic heterocycles. The Balaban J connectivity index is 2.07. The first kappa shape index (κ1) is 15.7. The molecule has 0 saturated carbocycles. The van der Waals surface area contributed by atoms with Gasteiger partial charge in [0.1, 0.15) is 6.04 Å². The molecule has 1 rings (SSSR count). The second kappa shape index (κ2) is 8.69. The van der Waals surface area contributed by atoms with Crippen LogP contribution in [-0.2, 0) is 9.59 Å². The van der Waals surface area contributed by atoms with Crippen LogP contribution >= 0.6 is 21.6 Å². The average molecular weight is 291 g/mol. The second-order valence-corrected chi connectivity index (χ2v) is 7.23. The van der Waals surface area contributed by atoms with E-state index in [0.29, 0.717) is 12.8 Å². The number of carboxylic acid groups (broad SMARTS) is 1. The Hall–Kier alpha value is -0.360. The Morgan fingerprint density at radius 3 is 2.78 bits per heavy atom. The lowest BCUT2D eigenvalue weighted by Gasteiger charge is -2.12. The number of unbranched alkanes of at least 4 members (excludes halogenated alkanes) is 1. The Kier molecular flexibility index (Phi) is 7.58. The minimum absolute atomic E-state index is 0.141. The molecule has 1 fully saturated rings. The van der Waals surface area contributed by atoms with Crippen molar-refractivity contribution in [1.82, 2.24) is 5.32 Å². The summed E-state index contributed by atoms with van der Waals surface area (Å²) in [5, 5.41) is 12.1. The van der Waals surface area contributed by atoms with Crippen LogP contribution in [0.1, 0.15) is 45.4 Å². The number of carbonyl (C=O) groups is 2. The number of carboxylic acids is 1. The fourth-order valence-electron chi connectivity index (χ4n) is 1.83. The number of rotatable bonds is 8. The molecule has 2 atom stereocenters. The first-order valence-electron chi connectivity index (χ1n) is 6.44. The molecule has 1 saturated heterocycles. The van der Waals surface area contributed by atoms with Crippen LogP contribution in [0, 0.1) is 0 Å². The first-order valence-corrected chi connectivity index (χ1v) is 8.82. The molecular weight excluding hydrogens is 270 g/mol. The van der Waals surface area contributed by atoms with Gasteiger partial charge in [0, 0.05) is 17.4 Å². The van der Waals surface area contributed by atoms with Crippen molar-refractivity contribution >= 4 is 33.5 Å². The van der Waals surface area contributed by atoms with Crippen molar-refractivity contribution in [3.05, 3.63) is 0 Å². The summed E-state index contributed by atoms with van der Waals surface area (Å²) in [6.07, 6.45) is 5.21. The van der Waals surface area contributed by atoms with E-state index in [-0.39, 0.29) is 5.91 Å². The summed E-state index contributed by atoms with van der Waals surface area (Å²) >= 11 is 0. The van der Waals surface area contributed by atoms with E-state index in [1.54, 1.807) is 6.92 Å². The molecule has 1 amide bonds. The molecule has 4 nitrogen and oxygen atoms in total. The summed E-state index contributed by atoms with van der Waals surface area (Å²) in [7, 11) is 3.89. The molecule has 104 valence electrons. The number of nitrogens with one attached hydrogen (secondary N) is 1. The van der Waals surface area contributed by atoms with Gasteiger partial charge >= 0.3 is 5.97 Å². The Morgan fingerprint density at radius 1 is 1.44 bits per heavy atom. The zero-order valence-corrected chi connectivity index (χ0v) is 12.3. The third kappa shape index (κ3) is 6.00. The van der Waals surface area contributed by atoms with Crippen LogP contribution in [0.3, 0.4) is 0 Å². The summed E-state index contributed by atoms with van der Waals surface area (Å²) in [5.41, 5.74) is 0. The molecule has 6 heteroatoms. The summed E-state index contributed by atoms with van der Waals surface area (Å²) < 4.78 is 0. The van der Waals surface area contributed by atoms with E-state index in [4.69, 9.17) is 5.11 Å². The van der Waals surface area contributed by atoms with Gasteiger partial charge in [0.05, 0.1) is 0 Å². The molecule has 0 aromatic carbocycles. The van der Waals surface area contributed by atoms with Crippen molar-refractivity contribution in [2.75, 3.05) is 5.75 Å². The van der Waals surface area contributed by atoms with Crippen LogP contribution < -0.4 is 5.32 Å². The third-order valence-corrected chi connectivity index (χ3v) is 5.96. The standard InChI is InChI=1S/C12H21NO3S2/c1-2-10(12(15)16)13-11(14)6-4-3-5-9-7-8-17-18-9/h9-10H,2-8H2,1H3,(H,13,14)(H,15,16). The highest BCUT2D eigenvalue weighted by Crippen LogP contribution is 2.39. The van der Waals surface area contributed by atoms with Gasteiger partial charge in [0.25, 0.3) is 0 Å². The molecule has 0 aromatic rings. The van der Waals surface area contributed by atoms with Gasteiger partial charge in [0.2, 0.25) is 5.91 Å². The van der Waals surface area contributed by atoms with Crippen molar-refractivity contribution in [3.63, 3.8) is 0 Å². The van der Waals surface area contributed by atoms with Crippen molar-refractivity contribution in [1.29, 1.82) is 0 Å². The largest absolute Gasteiger partial charge is 0.480 e. The normalized spacial score (nSPS) is 20.6. The maximum absolute atomic E-state index is 11.5. The predicted octanol–water partition coefficient (Wildman–Crippen LogP) is 2.68. The van der Waals surface area contributed by atoms with Crippen LogP contribution in [0.15, 0.2) is 0 Å². The highest BCUT2D eigenvalue weighted by molar-refractivity contribution is 8.77. The lowest BCUT2D eigenvalue weighted by Crippen LogP contribution is -2.40. The van der Waals surface area contributed by atoms with E-state index in [9.17, 15) is 9.59 Å². The SMILES string of the molecule is CCC(NC(=O)CCCCC1CCSS1)C(=O)O. The van der Waals surface area contributed by atoms with Gasteiger partial charge in [-0.05, 0) is 25.7 Å². The molecule has 0 bridgehead atoms. The molecule has 18 heavy (non-hydrogen) atoms. The Labute approximate surface area is 116 Å². The fraction of sp³-hybridized carbons (Fsp3) is 0.833. The molecule has 1 aliphatic heterocycles. The molecule has 0 aliphatic carbocycles. The molecule has 2 N–H and O–H groups in total. The van der Waals surface area contributed by atoms with Crippen LogP contribution in [0.25, 0.3) is 0 Å². The Bertz CT molecular complexity index is 280. The minimum Gasteiger partial charge on any atom is -0.480 e. The summed E-state index contributed by atoms with van der Waals surface area (Å²) in [5.74, 6) is 0.148. The van der Waals surface area contributed by atoms with Crippen molar-refractivity contribution in [2.24, 2.45) is 0 Å². The van der Waals surface area contributed by atoms with E-state index in [1.165, 1.54) is 18.6 Å². The number of carbonyl (C=O) groups excluding carboxylic acids is 1. The molecule has 1 heterocycles. The molecule has 0 radical (unpaired) electrons. The summed E-state index contributed by atoms with van der Waals surface area (Å²) in [6, 6.07) is -0.737. The number of hydrogen-bond donors (Lipinski definition) is 2. The third-order valence-electron chi connectivity index (χ3n) is 2.95. The van der Waals surface area contributed by atoms with Gasteiger partial charge in [0.15, 0.2) is 0 Å². The average Bonchev–Trinajstić information content (AvgIpc) is 2.84. The van der Waals surface area contributed by atoms with E-state index < -0.39 is 12.0 Å². The van der Waals surface area contributed by atoms with Gasteiger partial charge in [-0.3, -0.25) is 4.79 Å². The van der Waals surface area contributed by atoms with E-state index in [2.05, 4.69) is 5.32 Å². The summed E-state index contributed by atoms with van der Waals surface area (Å²) in [4.78, 5) is 22.3. The van der Waals surface area contributed by atoms with Crippen LogP contribution in [0.5, 0.6) is 0 Å². The molecular formula is C12H21NO3S2. The Morgan fingerprint density at radius 2 is 2.22 bits per heavy atom. The molecule has 1 aliphatic rings. The van der Waals surface area contributed by atoms with E-state index in [1.807, 2.05) is 21.6 Å². The quantitative estimate of drug-likeness (QED) is 0.531. The van der Waals surface area contributed by atoms with Crippen molar-refractivity contribution < 1.29 is 14.7 Å². The van der Waals surface area contributed by atoms with E-state index >= 15 is 0 Å². The maximum atomic E-state index is 11.5. The fourth-order valence-corrected chi connectivity index (χ4v) is 4.85. The smallest absolute Gasteiger partial charge is 0.326 e. The second-order valence-electron chi connectivity index (χ2n) is 4.44. The van der Waals surface area contributed by atoms with Crippen LogP contribution in [0.2, 0.25) is 0 Å². The lowest BCUT2D eigenvalue weighted by molar-refractivity contribution is -0.141. The lowest BCUT2D eigenvalue weighted by atomic mass is 10.1.